The van der Waals surface area contributed by atoms with E-state index in [2.05, 4.69) is 28.0 Å². The van der Waals surface area contributed by atoms with Gasteiger partial charge in [-0.05, 0) is 37.5 Å². The van der Waals surface area contributed by atoms with Gasteiger partial charge in [0.1, 0.15) is 11.9 Å². The number of alkyl halides is 3. The third-order valence-electron chi connectivity index (χ3n) is 5.15. The monoisotopic (exact) mass is 516 g/mol. The van der Waals surface area contributed by atoms with Gasteiger partial charge < -0.3 is 15.0 Å². The van der Waals surface area contributed by atoms with Gasteiger partial charge in [-0.25, -0.2) is 4.68 Å². The number of hydrogen-bond acceptors (Lipinski definition) is 4. The van der Waals surface area contributed by atoms with Gasteiger partial charge in [-0.15, -0.1) is 12.8 Å². The number of benzene rings is 1. The van der Waals surface area contributed by atoms with E-state index in [0.717, 1.165) is 18.9 Å². The Balaban J connectivity index is 0.000000758. The number of amides is 1. The van der Waals surface area contributed by atoms with Crippen LogP contribution in [0, 0.1) is 12.8 Å². The summed E-state index contributed by atoms with van der Waals surface area (Å²) in [5, 5.41) is 7.24. The predicted octanol–water partition coefficient (Wildman–Crippen LogP) is 5.63. The molecule has 1 N–H and O–H groups in total. The second-order valence-electron chi connectivity index (χ2n) is 7.50. The first-order valence-electron chi connectivity index (χ1n) is 10.2. The maximum Gasteiger partial charge on any atom is 0.435 e. The zero-order valence-electron chi connectivity index (χ0n) is 18.9. The van der Waals surface area contributed by atoms with Gasteiger partial charge in [0.05, 0.1) is 15.6 Å². The van der Waals surface area contributed by atoms with Crippen LogP contribution in [0.2, 0.25) is 10.0 Å². The Morgan fingerprint density at radius 2 is 1.74 bits per heavy atom. The molecule has 1 amide bonds. The van der Waals surface area contributed by atoms with Crippen LogP contribution in [0.3, 0.4) is 0 Å². The molecule has 1 aromatic carbocycles. The molecule has 0 saturated carbocycles. The molecule has 0 aliphatic carbocycles. The minimum Gasteiger partial charge on any atom is -0.388 e. The van der Waals surface area contributed by atoms with Gasteiger partial charge in [0.25, 0.3) is 5.91 Å². The summed E-state index contributed by atoms with van der Waals surface area (Å²) >= 11 is 12.2. The van der Waals surface area contributed by atoms with Crippen LogP contribution in [0.5, 0.6) is 0 Å². The Kier molecular flexibility index (Phi) is 9.45. The minimum atomic E-state index is -4.61. The number of aromatic nitrogens is 2. The fourth-order valence-electron chi connectivity index (χ4n) is 3.77. The minimum absolute atomic E-state index is 0.156. The summed E-state index contributed by atoms with van der Waals surface area (Å²) in [6.45, 7) is 2.91. The number of allylic oxidation sites excluding steroid dienone is 1. The molecule has 1 fully saturated rings. The lowest BCUT2D eigenvalue weighted by molar-refractivity contribution is -0.141. The van der Waals surface area contributed by atoms with Crippen molar-refractivity contribution in [2.24, 2.45) is 0 Å². The average Bonchev–Trinajstić information content (AvgIpc) is 3.46. The van der Waals surface area contributed by atoms with Crippen molar-refractivity contribution in [3.8, 4) is 12.8 Å². The third kappa shape index (κ3) is 5.87. The molecule has 2 aliphatic heterocycles. The maximum absolute atomic E-state index is 13.3. The molecule has 0 bridgehead atoms. The lowest BCUT2D eigenvalue weighted by atomic mass is 9.94. The molecule has 2 aliphatic rings. The summed E-state index contributed by atoms with van der Waals surface area (Å²) < 4.78 is 45.3. The molecule has 4 rings (SSSR count). The molecule has 184 valence electrons. The smallest absolute Gasteiger partial charge is 0.388 e. The Hall–Kier alpha value is -2.67. The summed E-state index contributed by atoms with van der Waals surface area (Å²) in [5.41, 5.74) is 0.322. The van der Waals surface area contributed by atoms with Crippen LogP contribution in [-0.2, 0) is 15.7 Å². The van der Waals surface area contributed by atoms with Gasteiger partial charge in [-0.1, -0.05) is 29.3 Å². The van der Waals surface area contributed by atoms with Crippen molar-refractivity contribution in [1.82, 2.24) is 14.7 Å². The van der Waals surface area contributed by atoms with Crippen LogP contribution in [0.4, 0.5) is 19.0 Å². The van der Waals surface area contributed by atoms with Crippen LogP contribution in [0.15, 0.2) is 35.5 Å². The number of carbonyl (C=O) groups excluding carboxylic acids is 1. The van der Waals surface area contributed by atoms with Crippen molar-refractivity contribution in [3.05, 3.63) is 56.8 Å². The van der Waals surface area contributed by atoms with Crippen LogP contribution in [0.1, 0.15) is 37.1 Å². The van der Waals surface area contributed by atoms with E-state index in [-0.39, 0.29) is 16.7 Å². The summed E-state index contributed by atoms with van der Waals surface area (Å²) in [7, 11) is 3.25. The molecule has 2 aromatic rings. The largest absolute Gasteiger partial charge is 0.435 e. The highest BCUT2D eigenvalue weighted by Crippen LogP contribution is 2.41. The number of ether oxygens (including phenoxy) is 1. The molecular formula is C23H25Cl2F3N4O2. The van der Waals surface area contributed by atoms with Gasteiger partial charge in [0, 0.05) is 39.1 Å². The molecule has 34 heavy (non-hydrogen) atoms. The number of halogens is 5. The summed E-state index contributed by atoms with van der Waals surface area (Å²) in [5.74, 6) is -0.0675. The zero-order chi connectivity index (χ0) is 25.6. The van der Waals surface area contributed by atoms with Crippen molar-refractivity contribution in [3.63, 3.8) is 0 Å². The Labute approximate surface area is 206 Å². The number of likely N-dealkylation sites (tertiary alicyclic amines) is 1. The van der Waals surface area contributed by atoms with Gasteiger partial charge in [-0.3, -0.25) is 4.79 Å². The molecule has 1 unspecified atom stereocenters. The summed E-state index contributed by atoms with van der Waals surface area (Å²) in [6, 6.07) is 4.84. The third-order valence-corrected chi connectivity index (χ3v) is 5.89. The van der Waals surface area contributed by atoms with Gasteiger partial charge >= 0.3 is 6.18 Å². The molecule has 11 heteroatoms. The van der Waals surface area contributed by atoms with Crippen LogP contribution >= 0.6 is 23.2 Å². The summed E-state index contributed by atoms with van der Waals surface area (Å²) in [4.78, 5) is 15.0. The number of anilines is 1. The molecule has 1 atom stereocenters. The normalized spacial score (nSPS) is 17.1. The van der Waals surface area contributed by atoms with Crippen molar-refractivity contribution in [2.75, 3.05) is 32.6 Å². The van der Waals surface area contributed by atoms with Crippen molar-refractivity contribution in [2.45, 2.75) is 32.0 Å². The highest BCUT2D eigenvalue weighted by Gasteiger charge is 2.40. The predicted molar refractivity (Wildman–Crippen MR) is 127 cm³/mol. The van der Waals surface area contributed by atoms with E-state index in [1.807, 2.05) is 0 Å². The average molecular weight is 517 g/mol. The number of nitrogens with one attached hydrogen (secondary N) is 1. The van der Waals surface area contributed by atoms with E-state index in [0.29, 0.717) is 34.9 Å². The van der Waals surface area contributed by atoms with Crippen LogP contribution < -0.4 is 5.32 Å². The quantitative estimate of drug-likeness (QED) is 0.525. The molecule has 6 nitrogen and oxygen atoms in total. The fourth-order valence-corrected chi connectivity index (χ4v) is 4.07. The Morgan fingerprint density at radius 3 is 2.26 bits per heavy atom. The fraction of sp³-hybridized carbons (Fsp3) is 0.391. The maximum atomic E-state index is 13.3. The number of fused-ring (bicyclic) bond motifs is 1. The van der Waals surface area contributed by atoms with E-state index in [4.69, 9.17) is 23.2 Å². The zero-order valence-corrected chi connectivity index (χ0v) is 20.4. The van der Waals surface area contributed by atoms with E-state index in [1.54, 1.807) is 44.2 Å². The molecule has 1 aromatic heterocycles. The lowest BCUT2D eigenvalue weighted by Crippen LogP contribution is -2.36. The van der Waals surface area contributed by atoms with Crippen LogP contribution in [-0.4, -0.2) is 47.9 Å². The lowest BCUT2D eigenvalue weighted by Gasteiger charge is -2.31. The molecule has 3 heterocycles. The SMILES string of the molecule is C#C.CC1=C(C(=O)N2CCCC2)C(c2ccc(Cl)c(Cl)c2)n2nc(C(F)(F)F)cc2N1.COC. The topological polar surface area (TPSA) is 59.4 Å². The van der Waals surface area contributed by atoms with Crippen LogP contribution in [0.25, 0.3) is 0 Å². The second kappa shape index (κ2) is 11.6. The Bertz CT molecular complexity index is 1070. The highest BCUT2D eigenvalue weighted by molar-refractivity contribution is 6.42. The number of rotatable bonds is 2. The van der Waals surface area contributed by atoms with Gasteiger partial charge in [0.2, 0.25) is 0 Å². The molecule has 0 radical (unpaired) electrons. The standard InChI is InChI=1S/C19H17Cl2F3N4O.C2H6O.C2H2/c1-10-16(18(29)27-6-2-3-7-27)17(11-4-5-12(20)13(21)8-11)28-15(25-10)9-14(26-28)19(22,23)24;1-3-2;1-2/h4-5,8-9,17,25H,2-3,6-7H2,1H3;1-2H3;1-2H. The molecule has 0 spiro atoms. The molecular weight excluding hydrogens is 492 g/mol. The van der Waals surface area contributed by atoms with Crippen molar-refractivity contribution < 1.29 is 22.7 Å². The van der Waals surface area contributed by atoms with E-state index < -0.39 is 17.9 Å². The van der Waals surface area contributed by atoms with E-state index in [9.17, 15) is 18.0 Å². The summed E-state index contributed by atoms with van der Waals surface area (Å²) in [6.07, 6.45) is 5.18. The number of carbonyl (C=O) groups is 1. The first kappa shape index (κ1) is 27.6. The first-order valence-corrected chi connectivity index (χ1v) is 11.0. The first-order chi connectivity index (χ1) is 16.1. The molecule has 1 saturated heterocycles. The number of methoxy groups -OCH3 is 1. The van der Waals surface area contributed by atoms with Crippen molar-refractivity contribution >= 4 is 34.9 Å². The van der Waals surface area contributed by atoms with Gasteiger partial charge in [-0.2, -0.15) is 18.3 Å². The van der Waals surface area contributed by atoms with E-state index in [1.165, 1.54) is 4.68 Å². The second-order valence-corrected chi connectivity index (χ2v) is 8.32. The van der Waals surface area contributed by atoms with Crippen molar-refractivity contribution in [1.29, 1.82) is 0 Å². The van der Waals surface area contributed by atoms with E-state index >= 15 is 0 Å². The van der Waals surface area contributed by atoms with Gasteiger partial charge in [0.15, 0.2) is 5.69 Å². The highest BCUT2D eigenvalue weighted by atomic mass is 35.5. The number of nitrogens with zero attached hydrogens (tertiary/aromatic N) is 3. The number of terminal acetylenes is 1. The Morgan fingerprint density at radius 1 is 1.15 bits per heavy atom. The number of hydrogen-bond donors (Lipinski definition) is 1.